The molecule has 0 radical (unpaired) electrons. The van der Waals surface area contributed by atoms with Gasteiger partial charge < -0.3 is 4.98 Å². The molecule has 5 aromatic carbocycles. The van der Waals surface area contributed by atoms with Crippen LogP contribution >= 0.6 is 34.0 Å². The number of hydrogen-bond acceptors (Lipinski definition) is 15. The number of nitrogens with zero attached hydrogens (tertiary/aromatic N) is 12. The van der Waals surface area contributed by atoms with E-state index in [-0.39, 0.29) is 0 Å². The van der Waals surface area contributed by atoms with E-state index >= 15 is 0 Å². The molecule has 0 aliphatic carbocycles. The molecule has 0 aliphatic heterocycles. The van der Waals surface area contributed by atoms with Crippen molar-refractivity contribution in [3.05, 3.63) is 302 Å². The number of thiophene rings is 1. The molecule has 0 unspecified atom stereocenters. The summed E-state index contributed by atoms with van der Waals surface area (Å²) >= 11 is 5.03. The molecule has 15 rings (SSSR count). The quantitative estimate of drug-likeness (QED) is 0.174. The number of pyridine rings is 3. The van der Waals surface area contributed by atoms with E-state index in [9.17, 15) is 0 Å². The number of aromatic amines is 1. The number of thiazole rings is 2. The Bertz CT molecular complexity index is 3660. The van der Waals surface area contributed by atoms with Gasteiger partial charge in [-0.25, -0.2) is 29.9 Å². The van der Waals surface area contributed by atoms with Gasteiger partial charge in [-0.05, 0) is 130 Å². The van der Waals surface area contributed by atoms with Crippen molar-refractivity contribution in [3.8, 4) is 0 Å². The Hall–Kier alpha value is -9.74. The third-order valence-electron chi connectivity index (χ3n) is 10.5. The summed E-state index contributed by atoms with van der Waals surface area (Å²) in [6, 6.07) is 60.2. The summed E-state index contributed by atoms with van der Waals surface area (Å²) in [6.07, 6.45) is 25.6. The van der Waals surface area contributed by atoms with Gasteiger partial charge in [0, 0.05) is 109 Å². The topological polar surface area (TPSA) is 170 Å². The molecule has 13 nitrogen and oxygen atoms in total. The minimum absolute atomic E-state index is 0.470. The van der Waals surface area contributed by atoms with Crippen molar-refractivity contribution < 1.29 is 0 Å². The SMILES string of the molecule is CC.CC.CC.CC.CC.CC.CC.CC.CC.CC.CC(C)C.CC(C)C.CC(C)C.CC(C)C.CC(C)C.CC(C)C.CC(C)C.CC(C)C.CC(C)c1nc2ccccc2[nH]1.CC(C)c1nc2ccccc2s1.c1ccc2cnccc2c1.c1ccc2ncccc2c1.c1ccccc1.c1ccncc1.c1cnccn1.c1cncnc1.c1cscn1.c1ncc2ccsc2n1. The number of imidazole rings is 1. The minimum Gasteiger partial charge on any atom is -0.342 e. The zero-order valence-corrected chi connectivity index (χ0v) is 97.0. The Morgan fingerprint density at radius 2 is 0.604 bits per heavy atom. The predicted octanol–water partition coefficient (Wildman–Crippen LogP) is 40.7. The molecule has 10 heterocycles. The highest BCUT2D eigenvalue weighted by molar-refractivity contribution is 7.18. The Morgan fingerprint density at radius 1 is 0.239 bits per heavy atom. The summed E-state index contributed by atoms with van der Waals surface area (Å²) in [5, 5.41) is 9.95. The molecule has 0 saturated carbocycles. The summed E-state index contributed by atoms with van der Waals surface area (Å²) in [5.41, 5.74) is 6.17. The van der Waals surface area contributed by atoms with Crippen LogP contribution in [0.3, 0.4) is 0 Å². The highest BCUT2D eigenvalue weighted by atomic mass is 32.1. The van der Waals surface area contributed by atoms with Crippen LogP contribution in [0.1, 0.15) is 355 Å². The maximum Gasteiger partial charge on any atom is 0.126 e. The maximum atomic E-state index is 4.53. The first-order valence-corrected chi connectivity index (χ1v) is 52.5. The van der Waals surface area contributed by atoms with Gasteiger partial charge >= 0.3 is 0 Å². The highest BCUT2D eigenvalue weighted by Crippen LogP contribution is 2.27. The van der Waals surface area contributed by atoms with Crippen LogP contribution in [-0.2, 0) is 0 Å². The van der Waals surface area contributed by atoms with Crippen molar-refractivity contribution in [1.82, 2.24) is 64.8 Å². The van der Waals surface area contributed by atoms with Crippen LogP contribution in [0.5, 0.6) is 0 Å². The molecule has 0 spiro atoms. The zero-order valence-electron chi connectivity index (χ0n) is 94.6. The van der Waals surface area contributed by atoms with Gasteiger partial charge in [-0.2, -0.15) is 0 Å². The normalized spacial score (nSPS) is 8.52. The molecule has 758 valence electrons. The smallest absolute Gasteiger partial charge is 0.126 e. The summed E-state index contributed by atoms with van der Waals surface area (Å²) in [6.45, 7) is 101. The van der Waals surface area contributed by atoms with Crippen molar-refractivity contribution >= 4 is 87.2 Å². The first kappa shape index (κ1) is 153. The number of nitrogens with one attached hydrogen (secondary N) is 1. The number of para-hydroxylation sites is 4. The molecule has 134 heavy (non-hydrogen) atoms. The Balaban J connectivity index is -0.000000105. The van der Waals surface area contributed by atoms with E-state index in [4.69, 9.17) is 0 Å². The van der Waals surface area contributed by atoms with E-state index in [2.05, 4.69) is 301 Å². The minimum atomic E-state index is 0.470. The molecule has 10 aromatic heterocycles. The lowest BCUT2D eigenvalue weighted by Crippen LogP contribution is -1.88. The maximum absolute atomic E-state index is 4.53. The lowest BCUT2D eigenvalue weighted by atomic mass is 10.2. The van der Waals surface area contributed by atoms with Crippen molar-refractivity contribution in [2.24, 2.45) is 47.3 Å². The van der Waals surface area contributed by atoms with Crippen molar-refractivity contribution in [3.63, 3.8) is 0 Å². The number of rotatable bonds is 2. The summed E-state index contributed by atoms with van der Waals surface area (Å²) in [7, 11) is 0. The highest BCUT2D eigenvalue weighted by Gasteiger charge is 2.06. The largest absolute Gasteiger partial charge is 0.342 e. The number of benzene rings is 5. The molecule has 0 fully saturated rings. The van der Waals surface area contributed by atoms with Crippen molar-refractivity contribution in [2.75, 3.05) is 0 Å². The molecule has 0 saturated heterocycles. The lowest BCUT2D eigenvalue weighted by molar-refractivity contribution is 0.736. The molecule has 1 N–H and O–H groups in total. The fourth-order valence-corrected chi connectivity index (χ4v) is 8.55. The van der Waals surface area contributed by atoms with Gasteiger partial charge in [0.05, 0.1) is 37.3 Å². The molecule has 15 aromatic rings. The third kappa shape index (κ3) is 129. The molecule has 0 bridgehead atoms. The molecular weight excluding hydrogens is 1700 g/mol. The summed E-state index contributed by atoms with van der Waals surface area (Å²) in [4.78, 5) is 51.8. The lowest BCUT2D eigenvalue weighted by Gasteiger charge is -1.95. The fourth-order valence-electron chi connectivity index (χ4n) is 6.52. The Kier molecular flexibility index (Phi) is 145. The number of H-pyrrole nitrogens is 1. The van der Waals surface area contributed by atoms with Crippen LogP contribution in [0.2, 0.25) is 0 Å². The van der Waals surface area contributed by atoms with Crippen molar-refractivity contribution in [1.29, 1.82) is 0 Å². The van der Waals surface area contributed by atoms with E-state index < -0.39 is 0 Å². The predicted molar refractivity (Wildman–Crippen MR) is 619 cm³/mol. The van der Waals surface area contributed by atoms with Gasteiger partial charge in [-0.15, -0.1) is 34.0 Å². The van der Waals surface area contributed by atoms with Gasteiger partial charge in [-0.1, -0.05) is 448 Å². The molecule has 0 aliphatic rings. The fraction of sp³-hybridized carbons (Fsp3) is 0.492. The van der Waals surface area contributed by atoms with Crippen LogP contribution in [0.4, 0.5) is 0 Å². The van der Waals surface area contributed by atoms with Crippen LogP contribution in [-0.4, -0.2) is 64.8 Å². The molecular formula is C118H203N13S3. The monoisotopic (exact) mass is 1900 g/mol. The zero-order chi connectivity index (χ0) is 106. The number of aromatic nitrogens is 13. The number of hydrogen-bond donors (Lipinski definition) is 1. The second-order valence-corrected chi connectivity index (χ2v) is 33.8. The van der Waals surface area contributed by atoms with E-state index in [1.165, 1.54) is 32.2 Å². The Morgan fingerprint density at radius 3 is 0.925 bits per heavy atom. The van der Waals surface area contributed by atoms with Crippen LogP contribution in [0.25, 0.3) is 53.1 Å². The first-order chi connectivity index (χ1) is 64.3. The van der Waals surface area contributed by atoms with Crippen LogP contribution < -0.4 is 0 Å². The molecule has 0 atom stereocenters. The van der Waals surface area contributed by atoms with E-state index in [0.29, 0.717) is 11.8 Å². The Labute approximate surface area is 839 Å². The van der Waals surface area contributed by atoms with E-state index in [0.717, 1.165) is 85.5 Å². The van der Waals surface area contributed by atoms with Gasteiger partial charge in [0.15, 0.2) is 0 Å². The average Bonchev–Trinajstić information content (AvgIpc) is 1.68. The van der Waals surface area contributed by atoms with Crippen molar-refractivity contribution in [2.45, 2.75) is 344 Å². The average molecular weight is 1900 g/mol. The first-order valence-electron chi connectivity index (χ1n) is 49.9. The summed E-state index contributed by atoms with van der Waals surface area (Å²) < 4.78 is 1.29. The van der Waals surface area contributed by atoms with Gasteiger partial charge in [0.1, 0.15) is 23.3 Å². The van der Waals surface area contributed by atoms with Gasteiger partial charge in [0.25, 0.3) is 0 Å². The third-order valence-corrected chi connectivity index (χ3v) is 13.2. The van der Waals surface area contributed by atoms with Crippen LogP contribution in [0, 0.1) is 47.3 Å². The molecule has 0 amide bonds. The summed E-state index contributed by atoms with van der Waals surface area (Å²) in [5.74, 6) is 8.75. The molecule has 16 heteroatoms. The van der Waals surface area contributed by atoms with E-state index in [1.807, 2.05) is 307 Å². The van der Waals surface area contributed by atoms with E-state index in [1.54, 1.807) is 108 Å². The van der Waals surface area contributed by atoms with Gasteiger partial charge in [0.2, 0.25) is 0 Å². The van der Waals surface area contributed by atoms with Crippen LogP contribution in [0.15, 0.2) is 291 Å². The number of fused-ring (bicyclic) bond motifs is 5. The standard InChI is InChI=1S/C10H12N2.C10H11NS.2C9H7N.C6H4N2S.C6H6.C5H5N.2C4H4N2.8C4H10.C3H3NS.10C2H6/c2*1-7(2)10-11-8-5-3-4-6-9(8)12-10;1-2-6-9-8(4-1)5-3-7-10-9;1-2-4-9-7-10-6-5-8(9)3-1;1-2-9-6-5(1)3-7-4-8-6;2*1-2-4-6-5-3-1;1-2-6-4-3-5-1;1-2-5-4-6-3-1;8*1-4(2)3;1-2-5-3-4-1;10*1-2/h3-7H,1-2H3,(H,11,12);3-7H,1-2H3;2*1-7H;1-4H;1-6H;1-5H;2*1-4H;8*4H,1-3H3;1-3H;10*1-2H3. The van der Waals surface area contributed by atoms with Gasteiger partial charge in [-0.3, -0.25) is 29.9 Å². The second-order valence-electron chi connectivity index (χ2n) is 31.1. The second kappa shape index (κ2) is 127.